The number of carbonyl (C=O) groups excluding carboxylic acids is 3. The summed E-state index contributed by atoms with van der Waals surface area (Å²) in [6.45, 7) is 3.32. The normalized spacial score (nSPS) is 14.8. The van der Waals surface area contributed by atoms with E-state index in [1.807, 2.05) is 24.3 Å². The number of benzene rings is 2. The number of hydrogen-bond acceptors (Lipinski definition) is 8. The van der Waals surface area contributed by atoms with Gasteiger partial charge in [-0.3, -0.25) is 14.5 Å². The Morgan fingerprint density at radius 3 is 2.67 bits per heavy atom. The lowest BCUT2D eigenvalue weighted by atomic mass is 10.0. The molecule has 1 N–H and O–H groups in total. The van der Waals surface area contributed by atoms with Crippen molar-refractivity contribution in [3.05, 3.63) is 64.1 Å². The lowest BCUT2D eigenvalue weighted by Gasteiger charge is -2.22. The first kappa shape index (κ1) is 24.1. The minimum absolute atomic E-state index is 0.0163. The standard InChI is InChI=1S/C23H23N3O6S/c1-3-31-21(29)13-32-20-9-8-15(10-18(20)24-14(2)27)19(28)12-26-11-16-6-4-5-7-17(16)22(26)23(33)25-30/h4-10,22H,3,11-13H2,1-2H3,(H,24,27). The fraction of sp³-hybridized carbons (Fsp3) is 0.304. The summed E-state index contributed by atoms with van der Waals surface area (Å²) in [5.74, 6) is -0.929. The van der Waals surface area contributed by atoms with Crippen molar-refractivity contribution in [2.75, 3.05) is 25.1 Å². The third-order valence-electron chi connectivity index (χ3n) is 5.02. The second kappa shape index (κ2) is 10.9. The van der Waals surface area contributed by atoms with E-state index >= 15 is 0 Å². The molecule has 2 aromatic carbocycles. The Morgan fingerprint density at radius 1 is 1.21 bits per heavy atom. The van der Waals surface area contributed by atoms with E-state index in [4.69, 9.17) is 21.7 Å². The molecule has 0 fully saturated rings. The average Bonchev–Trinajstić information content (AvgIpc) is 3.15. The van der Waals surface area contributed by atoms with E-state index in [1.165, 1.54) is 19.1 Å². The second-order valence-corrected chi connectivity index (χ2v) is 7.76. The van der Waals surface area contributed by atoms with Gasteiger partial charge >= 0.3 is 5.97 Å². The molecule has 172 valence electrons. The molecule has 0 saturated heterocycles. The summed E-state index contributed by atoms with van der Waals surface area (Å²) >= 11 is 5.16. The van der Waals surface area contributed by atoms with Gasteiger partial charge in [0.25, 0.3) is 0 Å². The zero-order chi connectivity index (χ0) is 24.0. The zero-order valence-electron chi connectivity index (χ0n) is 18.2. The van der Waals surface area contributed by atoms with Crippen LogP contribution in [0.1, 0.15) is 41.4 Å². The Balaban J connectivity index is 1.80. The van der Waals surface area contributed by atoms with Crippen molar-refractivity contribution in [3.8, 4) is 5.75 Å². The van der Waals surface area contributed by atoms with Crippen LogP contribution in [-0.4, -0.2) is 47.3 Å². The second-order valence-electron chi connectivity index (χ2n) is 7.34. The third kappa shape index (κ3) is 5.85. The Kier molecular flexibility index (Phi) is 7.96. The van der Waals surface area contributed by atoms with Crippen LogP contribution >= 0.6 is 12.2 Å². The quantitative estimate of drug-likeness (QED) is 0.257. The number of esters is 1. The maximum absolute atomic E-state index is 13.1. The molecule has 1 atom stereocenters. The van der Waals surface area contributed by atoms with Crippen LogP contribution in [0.5, 0.6) is 5.75 Å². The molecule has 1 unspecified atom stereocenters. The number of Topliss-reactive ketones (excluding diaryl/α,β-unsaturated/α-hetero) is 1. The number of thiocarbonyl (C=S) groups is 1. The summed E-state index contributed by atoms with van der Waals surface area (Å²) in [5.41, 5.74) is 2.41. The van der Waals surface area contributed by atoms with Crippen molar-refractivity contribution in [2.45, 2.75) is 26.4 Å². The van der Waals surface area contributed by atoms with Gasteiger partial charge in [0, 0.05) is 19.0 Å². The van der Waals surface area contributed by atoms with Gasteiger partial charge in [-0.25, -0.2) is 4.79 Å². The SMILES string of the molecule is CCOC(=O)COc1ccc(C(=O)CN2Cc3ccccc3C2C(=S)N=O)cc1NC(C)=O. The number of amides is 1. The summed E-state index contributed by atoms with van der Waals surface area (Å²) < 4.78 is 10.3. The van der Waals surface area contributed by atoms with Crippen LogP contribution in [0.2, 0.25) is 0 Å². The van der Waals surface area contributed by atoms with E-state index in [-0.39, 0.29) is 47.9 Å². The molecule has 0 bridgehead atoms. The number of fused-ring (bicyclic) bond motifs is 1. The predicted molar refractivity (Wildman–Crippen MR) is 125 cm³/mol. The van der Waals surface area contributed by atoms with Crippen LogP contribution in [0.25, 0.3) is 0 Å². The number of ether oxygens (including phenoxy) is 2. The van der Waals surface area contributed by atoms with Crippen LogP contribution < -0.4 is 10.1 Å². The van der Waals surface area contributed by atoms with Gasteiger partial charge < -0.3 is 14.8 Å². The van der Waals surface area contributed by atoms with E-state index in [0.29, 0.717) is 12.1 Å². The number of carbonyl (C=O) groups is 3. The summed E-state index contributed by atoms with van der Waals surface area (Å²) in [7, 11) is 0. The van der Waals surface area contributed by atoms with Crippen molar-refractivity contribution in [1.29, 1.82) is 0 Å². The largest absolute Gasteiger partial charge is 0.480 e. The van der Waals surface area contributed by atoms with Crippen molar-refractivity contribution < 1.29 is 23.9 Å². The first-order valence-electron chi connectivity index (χ1n) is 10.3. The highest BCUT2D eigenvalue weighted by Crippen LogP contribution is 2.35. The van der Waals surface area contributed by atoms with Crippen molar-refractivity contribution in [1.82, 2.24) is 4.90 Å². The molecular formula is C23H23N3O6S. The molecule has 9 nitrogen and oxygen atoms in total. The number of ketones is 1. The Labute approximate surface area is 196 Å². The van der Waals surface area contributed by atoms with Crippen LogP contribution in [0, 0.1) is 4.91 Å². The lowest BCUT2D eigenvalue weighted by molar-refractivity contribution is -0.145. The number of nitrogens with zero attached hydrogens (tertiary/aromatic N) is 2. The van der Waals surface area contributed by atoms with Crippen molar-refractivity contribution in [3.63, 3.8) is 0 Å². The van der Waals surface area contributed by atoms with Gasteiger partial charge in [-0.05, 0) is 41.4 Å². The highest BCUT2D eigenvalue weighted by Gasteiger charge is 2.35. The summed E-state index contributed by atoms with van der Waals surface area (Å²) in [5, 5.41) is 5.54. The van der Waals surface area contributed by atoms with E-state index in [0.717, 1.165) is 11.1 Å². The number of nitrogens with one attached hydrogen (secondary N) is 1. The molecule has 0 aliphatic carbocycles. The topological polar surface area (TPSA) is 114 Å². The molecule has 0 radical (unpaired) electrons. The van der Waals surface area contributed by atoms with Crippen LogP contribution in [0.3, 0.4) is 0 Å². The average molecular weight is 470 g/mol. The highest BCUT2D eigenvalue weighted by molar-refractivity contribution is 7.80. The first-order valence-corrected chi connectivity index (χ1v) is 10.7. The molecule has 1 amide bonds. The fourth-order valence-electron chi connectivity index (χ4n) is 3.67. The molecule has 1 aliphatic heterocycles. The molecule has 2 aromatic rings. The van der Waals surface area contributed by atoms with Gasteiger partial charge in [-0.1, -0.05) is 36.5 Å². The maximum Gasteiger partial charge on any atom is 0.344 e. The maximum atomic E-state index is 13.1. The molecule has 1 heterocycles. The smallest absolute Gasteiger partial charge is 0.344 e. The van der Waals surface area contributed by atoms with E-state index in [1.54, 1.807) is 17.9 Å². The molecule has 0 spiro atoms. The monoisotopic (exact) mass is 469 g/mol. The molecule has 33 heavy (non-hydrogen) atoms. The van der Waals surface area contributed by atoms with Crippen LogP contribution in [0.15, 0.2) is 47.6 Å². The highest BCUT2D eigenvalue weighted by atomic mass is 32.1. The van der Waals surface area contributed by atoms with Gasteiger partial charge in [-0.2, -0.15) is 0 Å². The van der Waals surface area contributed by atoms with Gasteiger partial charge in [0.15, 0.2) is 17.4 Å². The van der Waals surface area contributed by atoms with Crippen molar-refractivity contribution >= 4 is 40.6 Å². The zero-order valence-corrected chi connectivity index (χ0v) is 19.0. The lowest BCUT2D eigenvalue weighted by Crippen LogP contribution is -2.31. The summed E-state index contributed by atoms with van der Waals surface area (Å²) in [4.78, 5) is 49.2. The molecule has 1 aliphatic rings. The molecule has 0 aromatic heterocycles. The van der Waals surface area contributed by atoms with Gasteiger partial charge in [0.2, 0.25) is 5.91 Å². The molecular weight excluding hydrogens is 446 g/mol. The number of anilines is 1. The van der Waals surface area contributed by atoms with Gasteiger partial charge in [0.1, 0.15) is 5.75 Å². The molecule has 10 heteroatoms. The number of hydrogen-bond donors (Lipinski definition) is 1. The summed E-state index contributed by atoms with van der Waals surface area (Å²) in [6, 6.07) is 11.5. The predicted octanol–water partition coefficient (Wildman–Crippen LogP) is 3.42. The Morgan fingerprint density at radius 2 is 1.97 bits per heavy atom. The Bertz CT molecular complexity index is 1100. The minimum atomic E-state index is -0.556. The van der Waals surface area contributed by atoms with Gasteiger partial charge in [0.05, 0.1) is 24.9 Å². The molecule has 3 rings (SSSR count). The molecule has 0 saturated carbocycles. The van der Waals surface area contributed by atoms with E-state index in [2.05, 4.69) is 10.5 Å². The number of nitroso groups, excluding NO2 is 1. The van der Waals surface area contributed by atoms with Crippen molar-refractivity contribution in [2.24, 2.45) is 5.18 Å². The van der Waals surface area contributed by atoms with Crippen LogP contribution in [0.4, 0.5) is 5.69 Å². The number of rotatable bonds is 9. The Hall–Kier alpha value is -3.50. The third-order valence-corrected chi connectivity index (χ3v) is 5.32. The van der Waals surface area contributed by atoms with E-state index in [9.17, 15) is 19.3 Å². The first-order chi connectivity index (χ1) is 15.8. The fourth-order valence-corrected chi connectivity index (χ4v) is 3.95. The van der Waals surface area contributed by atoms with Gasteiger partial charge in [-0.15, -0.1) is 4.91 Å². The van der Waals surface area contributed by atoms with E-state index < -0.39 is 12.0 Å². The summed E-state index contributed by atoms with van der Waals surface area (Å²) in [6.07, 6.45) is 0. The van der Waals surface area contributed by atoms with Crippen LogP contribution in [-0.2, 0) is 20.9 Å². The minimum Gasteiger partial charge on any atom is -0.480 e.